The van der Waals surface area contributed by atoms with Crippen LogP contribution >= 0.6 is 11.6 Å². The maximum Gasteiger partial charge on any atom is 0.345 e. The average Bonchev–Trinajstić information content (AvgIpc) is 2.46. The summed E-state index contributed by atoms with van der Waals surface area (Å²) in [4.78, 5) is 11.2. The van der Waals surface area contributed by atoms with Crippen LogP contribution in [0.2, 0.25) is 5.02 Å². The molecule has 1 atom stereocenters. The number of ether oxygens (including phenoxy) is 1. The second-order valence-electron chi connectivity index (χ2n) is 5.13. The molecule has 0 bridgehead atoms. The summed E-state index contributed by atoms with van der Waals surface area (Å²) < 4.78 is 5.53. The number of rotatable bonds is 5. The predicted molar refractivity (Wildman–Crippen MR) is 83.8 cm³/mol. The van der Waals surface area contributed by atoms with Crippen molar-refractivity contribution in [2.75, 3.05) is 0 Å². The zero-order chi connectivity index (χ0) is 15.4. The van der Waals surface area contributed by atoms with E-state index < -0.39 is 12.1 Å². The van der Waals surface area contributed by atoms with Crippen molar-refractivity contribution in [3.8, 4) is 16.9 Å². The number of hydrogen-bond acceptors (Lipinski definition) is 2. The Hall–Kier alpha value is -2.00. The van der Waals surface area contributed by atoms with Crippen LogP contribution in [0.4, 0.5) is 0 Å². The SMILES string of the molecule is CC(C)C(Oc1ccc(-c2ccccc2)cc1Cl)C(=O)O. The lowest BCUT2D eigenvalue weighted by Gasteiger charge is -2.19. The molecule has 21 heavy (non-hydrogen) atoms. The van der Waals surface area contributed by atoms with E-state index in [1.165, 1.54) is 0 Å². The first-order valence-corrected chi connectivity index (χ1v) is 7.11. The van der Waals surface area contributed by atoms with E-state index in [0.717, 1.165) is 11.1 Å². The van der Waals surface area contributed by atoms with E-state index in [9.17, 15) is 4.79 Å². The van der Waals surface area contributed by atoms with Gasteiger partial charge in [-0.25, -0.2) is 4.79 Å². The third-order valence-electron chi connectivity index (χ3n) is 3.14. The van der Waals surface area contributed by atoms with Crippen LogP contribution in [-0.4, -0.2) is 17.2 Å². The predicted octanol–water partition coefficient (Wildman–Crippen LogP) is 4.50. The Labute approximate surface area is 129 Å². The highest BCUT2D eigenvalue weighted by molar-refractivity contribution is 6.32. The molecule has 2 aromatic carbocycles. The molecule has 0 radical (unpaired) electrons. The molecular formula is C17H17ClO3. The number of carboxylic acids is 1. The summed E-state index contributed by atoms with van der Waals surface area (Å²) in [5, 5.41) is 9.57. The van der Waals surface area contributed by atoms with Gasteiger partial charge < -0.3 is 9.84 Å². The van der Waals surface area contributed by atoms with Gasteiger partial charge in [0, 0.05) is 5.92 Å². The number of benzene rings is 2. The Kier molecular flexibility index (Phi) is 4.86. The highest BCUT2D eigenvalue weighted by Gasteiger charge is 2.24. The van der Waals surface area contributed by atoms with Crippen molar-refractivity contribution in [2.45, 2.75) is 20.0 Å². The van der Waals surface area contributed by atoms with E-state index in [1.807, 2.05) is 36.4 Å². The van der Waals surface area contributed by atoms with Crippen LogP contribution in [0.3, 0.4) is 0 Å². The zero-order valence-electron chi connectivity index (χ0n) is 11.9. The van der Waals surface area contributed by atoms with Crippen LogP contribution in [0.25, 0.3) is 11.1 Å². The lowest BCUT2D eigenvalue weighted by molar-refractivity contribution is -0.147. The summed E-state index contributed by atoms with van der Waals surface area (Å²) in [5.41, 5.74) is 2.01. The number of carbonyl (C=O) groups is 1. The molecule has 1 N–H and O–H groups in total. The Morgan fingerprint density at radius 2 is 1.76 bits per heavy atom. The number of halogens is 1. The summed E-state index contributed by atoms with van der Waals surface area (Å²) in [6, 6.07) is 15.2. The number of hydrogen-bond donors (Lipinski definition) is 1. The van der Waals surface area contributed by atoms with Gasteiger partial charge in [0.15, 0.2) is 6.10 Å². The minimum Gasteiger partial charge on any atom is -0.478 e. The van der Waals surface area contributed by atoms with Gasteiger partial charge in [0.05, 0.1) is 5.02 Å². The van der Waals surface area contributed by atoms with Gasteiger partial charge in [0.1, 0.15) is 5.75 Å². The van der Waals surface area contributed by atoms with Crippen LogP contribution in [0.5, 0.6) is 5.75 Å². The first-order chi connectivity index (χ1) is 9.99. The van der Waals surface area contributed by atoms with Crippen molar-refractivity contribution in [2.24, 2.45) is 5.92 Å². The fraction of sp³-hybridized carbons (Fsp3) is 0.235. The molecule has 3 nitrogen and oxygen atoms in total. The molecule has 0 fully saturated rings. The third kappa shape index (κ3) is 3.76. The van der Waals surface area contributed by atoms with Gasteiger partial charge in [0.25, 0.3) is 0 Å². The van der Waals surface area contributed by atoms with E-state index in [2.05, 4.69) is 0 Å². The van der Waals surface area contributed by atoms with Gasteiger partial charge in [-0.15, -0.1) is 0 Å². The Morgan fingerprint density at radius 1 is 1.10 bits per heavy atom. The molecule has 0 aromatic heterocycles. The molecule has 2 rings (SSSR count). The Morgan fingerprint density at radius 3 is 2.29 bits per heavy atom. The number of aliphatic carboxylic acids is 1. The summed E-state index contributed by atoms with van der Waals surface area (Å²) in [7, 11) is 0. The van der Waals surface area contributed by atoms with E-state index in [-0.39, 0.29) is 5.92 Å². The molecule has 0 aliphatic carbocycles. The maximum atomic E-state index is 11.2. The van der Waals surface area contributed by atoms with E-state index in [4.69, 9.17) is 21.4 Å². The van der Waals surface area contributed by atoms with Crippen molar-refractivity contribution in [1.29, 1.82) is 0 Å². The molecule has 0 aliphatic rings. The first-order valence-electron chi connectivity index (χ1n) is 6.73. The fourth-order valence-corrected chi connectivity index (χ4v) is 2.24. The second-order valence-corrected chi connectivity index (χ2v) is 5.54. The third-order valence-corrected chi connectivity index (χ3v) is 3.44. The highest BCUT2D eigenvalue weighted by Crippen LogP contribution is 2.31. The van der Waals surface area contributed by atoms with Crippen LogP contribution in [0, 0.1) is 5.92 Å². The summed E-state index contributed by atoms with van der Waals surface area (Å²) >= 11 is 6.21. The Balaban J connectivity index is 2.26. The summed E-state index contributed by atoms with van der Waals surface area (Å²) in [6.07, 6.45) is -0.912. The van der Waals surface area contributed by atoms with E-state index >= 15 is 0 Å². The van der Waals surface area contributed by atoms with Gasteiger partial charge in [-0.05, 0) is 23.3 Å². The quantitative estimate of drug-likeness (QED) is 0.885. The average molecular weight is 305 g/mol. The van der Waals surface area contributed by atoms with Gasteiger partial charge in [-0.1, -0.05) is 61.8 Å². The van der Waals surface area contributed by atoms with Gasteiger partial charge >= 0.3 is 5.97 Å². The maximum absolute atomic E-state index is 11.2. The molecule has 0 saturated heterocycles. The van der Waals surface area contributed by atoms with Crippen molar-refractivity contribution in [3.63, 3.8) is 0 Å². The van der Waals surface area contributed by atoms with Crippen LogP contribution < -0.4 is 4.74 Å². The molecule has 0 amide bonds. The smallest absolute Gasteiger partial charge is 0.345 e. The molecule has 0 heterocycles. The zero-order valence-corrected chi connectivity index (χ0v) is 12.7. The minimum atomic E-state index is -0.992. The van der Waals surface area contributed by atoms with Crippen LogP contribution in [0.1, 0.15) is 13.8 Å². The lowest BCUT2D eigenvalue weighted by Crippen LogP contribution is -2.32. The summed E-state index contributed by atoms with van der Waals surface area (Å²) in [6.45, 7) is 3.59. The van der Waals surface area contributed by atoms with Gasteiger partial charge in [-0.3, -0.25) is 0 Å². The Bertz CT molecular complexity index is 623. The van der Waals surface area contributed by atoms with Crippen molar-refractivity contribution < 1.29 is 14.6 Å². The highest BCUT2D eigenvalue weighted by atomic mass is 35.5. The minimum absolute atomic E-state index is 0.146. The standard InChI is InChI=1S/C17H17ClO3/c1-11(2)16(17(19)20)21-15-9-8-13(10-14(15)18)12-6-4-3-5-7-12/h3-11,16H,1-2H3,(H,19,20). The molecule has 110 valence electrons. The van der Waals surface area contributed by atoms with Gasteiger partial charge in [-0.2, -0.15) is 0 Å². The lowest BCUT2D eigenvalue weighted by atomic mass is 10.1. The van der Waals surface area contributed by atoms with Crippen molar-refractivity contribution in [3.05, 3.63) is 53.6 Å². The largest absolute Gasteiger partial charge is 0.478 e. The molecule has 1 unspecified atom stereocenters. The van der Waals surface area contributed by atoms with Crippen molar-refractivity contribution in [1.82, 2.24) is 0 Å². The monoisotopic (exact) mass is 304 g/mol. The van der Waals surface area contributed by atoms with E-state index in [0.29, 0.717) is 10.8 Å². The molecule has 0 saturated carbocycles. The second kappa shape index (κ2) is 6.64. The summed E-state index contributed by atoms with van der Waals surface area (Å²) in [5.74, 6) is -0.752. The molecular weight excluding hydrogens is 288 g/mol. The van der Waals surface area contributed by atoms with Crippen LogP contribution in [0.15, 0.2) is 48.5 Å². The van der Waals surface area contributed by atoms with Crippen molar-refractivity contribution >= 4 is 17.6 Å². The van der Waals surface area contributed by atoms with Gasteiger partial charge in [0.2, 0.25) is 0 Å². The first kappa shape index (κ1) is 15.4. The number of carboxylic acid groups (broad SMARTS) is 1. The normalized spacial score (nSPS) is 12.2. The molecule has 0 spiro atoms. The molecule has 4 heteroatoms. The molecule has 2 aromatic rings. The topological polar surface area (TPSA) is 46.5 Å². The molecule has 0 aliphatic heterocycles. The van der Waals surface area contributed by atoms with E-state index in [1.54, 1.807) is 26.0 Å². The fourth-order valence-electron chi connectivity index (χ4n) is 2.02. The van der Waals surface area contributed by atoms with Crippen LogP contribution in [-0.2, 0) is 4.79 Å².